The molecule has 0 heterocycles. The van der Waals surface area contributed by atoms with Crippen molar-refractivity contribution in [3.63, 3.8) is 0 Å². The summed E-state index contributed by atoms with van der Waals surface area (Å²) in [6.07, 6.45) is 0. The van der Waals surface area contributed by atoms with Gasteiger partial charge in [0.2, 0.25) is 15.9 Å². The zero-order chi connectivity index (χ0) is 20.0. The molecule has 0 bridgehead atoms. The lowest BCUT2D eigenvalue weighted by molar-refractivity contribution is -0.116. The van der Waals surface area contributed by atoms with Gasteiger partial charge in [-0.25, -0.2) is 13.1 Å². The summed E-state index contributed by atoms with van der Waals surface area (Å²) in [4.78, 5) is 13.5. The maximum absolute atomic E-state index is 12.6. The number of hydrogen-bond donors (Lipinski definition) is 1. The molecular weight excluding hydrogens is 368 g/mol. The first kappa shape index (κ1) is 20.7. The topological polar surface area (TPSA) is 84.9 Å². The van der Waals surface area contributed by atoms with Crippen LogP contribution in [0.3, 0.4) is 0 Å². The molecule has 0 aliphatic heterocycles. The Labute approximate surface area is 160 Å². The SMILES string of the molecule is COc1ccc(N(CCNS(=O)(=O)c2cc(C)ccc2OC)C(C)=O)cc1. The molecule has 0 saturated heterocycles. The Morgan fingerprint density at radius 3 is 2.30 bits per heavy atom. The highest BCUT2D eigenvalue weighted by Gasteiger charge is 2.20. The Morgan fingerprint density at radius 1 is 1.07 bits per heavy atom. The predicted molar refractivity (Wildman–Crippen MR) is 104 cm³/mol. The number of benzene rings is 2. The van der Waals surface area contributed by atoms with Gasteiger partial charge in [0.25, 0.3) is 0 Å². The summed E-state index contributed by atoms with van der Waals surface area (Å²) < 4.78 is 38.0. The Morgan fingerprint density at radius 2 is 1.74 bits per heavy atom. The number of nitrogens with zero attached hydrogens (tertiary/aromatic N) is 1. The summed E-state index contributed by atoms with van der Waals surface area (Å²) >= 11 is 0. The van der Waals surface area contributed by atoms with E-state index in [1.165, 1.54) is 18.9 Å². The molecule has 146 valence electrons. The van der Waals surface area contributed by atoms with Crippen molar-refractivity contribution < 1.29 is 22.7 Å². The van der Waals surface area contributed by atoms with Crippen LogP contribution in [0.2, 0.25) is 0 Å². The van der Waals surface area contributed by atoms with Gasteiger partial charge in [0, 0.05) is 25.7 Å². The van der Waals surface area contributed by atoms with Gasteiger partial charge in [-0.3, -0.25) is 4.79 Å². The third-order valence-electron chi connectivity index (χ3n) is 4.00. The van der Waals surface area contributed by atoms with Crippen molar-refractivity contribution >= 4 is 21.6 Å². The zero-order valence-electron chi connectivity index (χ0n) is 15.9. The fourth-order valence-corrected chi connectivity index (χ4v) is 3.87. The van der Waals surface area contributed by atoms with Crippen LogP contribution in [0.15, 0.2) is 47.4 Å². The smallest absolute Gasteiger partial charge is 0.244 e. The molecule has 7 nitrogen and oxygen atoms in total. The van der Waals surface area contributed by atoms with Gasteiger partial charge in [-0.05, 0) is 48.9 Å². The predicted octanol–water partition coefficient (Wildman–Crippen LogP) is 2.34. The van der Waals surface area contributed by atoms with Crippen LogP contribution in [0, 0.1) is 6.92 Å². The Kier molecular flexibility index (Phi) is 6.81. The highest BCUT2D eigenvalue weighted by molar-refractivity contribution is 7.89. The summed E-state index contributed by atoms with van der Waals surface area (Å²) in [6.45, 7) is 3.49. The van der Waals surface area contributed by atoms with Crippen LogP contribution in [-0.2, 0) is 14.8 Å². The largest absolute Gasteiger partial charge is 0.497 e. The third kappa shape index (κ3) is 5.21. The number of nitrogens with one attached hydrogen (secondary N) is 1. The average Bonchev–Trinajstić information content (AvgIpc) is 2.65. The number of carbonyl (C=O) groups is 1. The van der Waals surface area contributed by atoms with E-state index in [1.807, 2.05) is 0 Å². The van der Waals surface area contributed by atoms with Crippen molar-refractivity contribution in [2.75, 3.05) is 32.2 Å². The second-order valence-corrected chi connectivity index (χ2v) is 7.66. The Bertz CT molecular complexity index is 895. The van der Waals surface area contributed by atoms with E-state index < -0.39 is 10.0 Å². The van der Waals surface area contributed by atoms with Gasteiger partial charge in [0.05, 0.1) is 14.2 Å². The van der Waals surface area contributed by atoms with Crippen LogP contribution in [-0.4, -0.2) is 41.6 Å². The lowest BCUT2D eigenvalue weighted by Crippen LogP contribution is -2.37. The molecule has 0 saturated carbocycles. The van der Waals surface area contributed by atoms with E-state index in [1.54, 1.807) is 56.5 Å². The molecule has 2 aromatic carbocycles. The molecule has 0 aliphatic carbocycles. The van der Waals surface area contributed by atoms with Gasteiger partial charge in [0.1, 0.15) is 16.4 Å². The number of methoxy groups -OCH3 is 2. The third-order valence-corrected chi connectivity index (χ3v) is 5.48. The van der Waals surface area contributed by atoms with E-state index in [-0.39, 0.29) is 29.6 Å². The summed E-state index contributed by atoms with van der Waals surface area (Å²) in [6, 6.07) is 11.9. The van der Waals surface area contributed by atoms with Crippen molar-refractivity contribution in [2.45, 2.75) is 18.7 Å². The lowest BCUT2D eigenvalue weighted by atomic mass is 10.2. The van der Waals surface area contributed by atoms with Crippen molar-refractivity contribution in [2.24, 2.45) is 0 Å². The molecule has 27 heavy (non-hydrogen) atoms. The summed E-state index contributed by atoms with van der Waals surface area (Å²) in [5, 5.41) is 0. The average molecular weight is 392 g/mol. The van der Waals surface area contributed by atoms with Crippen molar-refractivity contribution in [1.82, 2.24) is 4.72 Å². The number of amides is 1. The minimum atomic E-state index is -3.77. The number of aryl methyl sites for hydroxylation is 1. The van der Waals surface area contributed by atoms with E-state index in [0.717, 1.165) is 5.56 Å². The van der Waals surface area contributed by atoms with Gasteiger partial charge in [0.15, 0.2) is 0 Å². The van der Waals surface area contributed by atoms with Crippen LogP contribution in [0.5, 0.6) is 11.5 Å². The number of carbonyl (C=O) groups excluding carboxylic acids is 1. The first-order valence-electron chi connectivity index (χ1n) is 8.35. The van der Waals surface area contributed by atoms with E-state index in [4.69, 9.17) is 9.47 Å². The van der Waals surface area contributed by atoms with E-state index in [2.05, 4.69) is 4.72 Å². The maximum atomic E-state index is 12.6. The lowest BCUT2D eigenvalue weighted by Gasteiger charge is -2.22. The molecule has 0 fully saturated rings. The minimum absolute atomic E-state index is 0.0606. The number of rotatable bonds is 8. The summed E-state index contributed by atoms with van der Waals surface area (Å²) in [7, 11) is -0.790. The number of hydrogen-bond acceptors (Lipinski definition) is 5. The highest BCUT2D eigenvalue weighted by Crippen LogP contribution is 2.24. The Balaban J connectivity index is 2.12. The number of sulfonamides is 1. The fraction of sp³-hybridized carbons (Fsp3) is 0.316. The zero-order valence-corrected chi connectivity index (χ0v) is 16.7. The van der Waals surface area contributed by atoms with Gasteiger partial charge in [-0.1, -0.05) is 6.07 Å². The first-order chi connectivity index (χ1) is 12.8. The molecule has 1 amide bonds. The van der Waals surface area contributed by atoms with Gasteiger partial charge < -0.3 is 14.4 Å². The summed E-state index contributed by atoms with van der Waals surface area (Å²) in [5.41, 5.74) is 1.47. The van der Waals surface area contributed by atoms with E-state index in [0.29, 0.717) is 11.4 Å². The highest BCUT2D eigenvalue weighted by atomic mass is 32.2. The molecule has 1 N–H and O–H groups in total. The molecule has 8 heteroatoms. The van der Waals surface area contributed by atoms with Crippen molar-refractivity contribution in [3.8, 4) is 11.5 Å². The Hall–Kier alpha value is -2.58. The normalized spacial score (nSPS) is 11.1. The van der Waals surface area contributed by atoms with Gasteiger partial charge >= 0.3 is 0 Å². The molecule has 2 aromatic rings. The minimum Gasteiger partial charge on any atom is -0.497 e. The quantitative estimate of drug-likeness (QED) is 0.745. The molecule has 0 spiro atoms. The van der Waals surface area contributed by atoms with Crippen molar-refractivity contribution in [3.05, 3.63) is 48.0 Å². The van der Waals surface area contributed by atoms with E-state index >= 15 is 0 Å². The molecule has 0 unspecified atom stereocenters. The second kappa shape index (κ2) is 8.88. The van der Waals surface area contributed by atoms with Gasteiger partial charge in [-0.2, -0.15) is 0 Å². The van der Waals surface area contributed by atoms with E-state index in [9.17, 15) is 13.2 Å². The van der Waals surface area contributed by atoms with Crippen LogP contribution in [0.25, 0.3) is 0 Å². The molecule has 2 rings (SSSR count). The van der Waals surface area contributed by atoms with Crippen LogP contribution in [0.4, 0.5) is 5.69 Å². The molecular formula is C19H24N2O5S. The molecule has 0 aliphatic rings. The molecule has 0 aromatic heterocycles. The maximum Gasteiger partial charge on any atom is 0.244 e. The number of anilines is 1. The van der Waals surface area contributed by atoms with Crippen LogP contribution >= 0.6 is 0 Å². The fourth-order valence-electron chi connectivity index (χ4n) is 2.59. The standard InChI is InChI=1S/C19H24N2O5S/c1-14-5-10-18(26-4)19(13-14)27(23,24)20-11-12-21(15(2)22)16-6-8-17(25-3)9-7-16/h5-10,13,20H,11-12H2,1-4H3. The monoisotopic (exact) mass is 392 g/mol. The van der Waals surface area contributed by atoms with Crippen LogP contribution in [0.1, 0.15) is 12.5 Å². The first-order valence-corrected chi connectivity index (χ1v) is 9.83. The molecule has 0 atom stereocenters. The van der Waals surface area contributed by atoms with Crippen molar-refractivity contribution in [1.29, 1.82) is 0 Å². The molecule has 0 radical (unpaired) electrons. The second-order valence-electron chi connectivity index (χ2n) is 5.92. The number of ether oxygens (including phenoxy) is 2. The summed E-state index contributed by atoms with van der Waals surface area (Å²) in [5.74, 6) is 0.758. The van der Waals surface area contributed by atoms with Crippen LogP contribution < -0.4 is 19.1 Å². The van der Waals surface area contributed by atoms with Gasteiger partial charge in [-0.15, -0.1) is 0 Å².